The molecule has 1 saturated heterocycles. The van der Waals surface area contributed by atoms with Gasteiger partial charge in [-0.15, -0.1) is 5.10 Å². The maximum Gasteiger partial charge on any atom is 0.260 e. The van der Waals surface area contributed by atoms with Crippen molar-refractivity contribution < 1.29 is 13.6 Å². The van der Waals surface area contributed by atoms with Crippen LogP contribution >= 0.6 is 0 Å². The molecule has 2 aliphatic carbocycles. The summed E-state index contributed by atoms with van der Waals surface area (Å²) in [4.78, 5) is 13.9. The van der Waals surface area contributed by atoms with E-state index in [-0.39, 0.29) is 18.2 Å². The summed E-state index contributed by atoms with van der Waals surface area (Å²) in [5.74, 6) is -3.37. The zero-order valence-corrected chi connectivity index (χ0v) is 13.1. The predicted molar refractivity (Wildman–Crippen MR) is 79.0 cm³/mol. The van der Waals surface area contributed by atoms with Crippen LogP contribution in [0.3, 0.4) is 0 Å². The molecule has 126 valence electrons. The summed E-state index contributed by atoms with van der Waals surface area (Å²) < 4.78 is 28.2. The molecule has 1 amide bonds. The van der Waals surface area contributed by atoms with Crippen molar-refractivity contribution in [2.24, 2.45) is 11.8 Å². The van der Waals surface area contributed by atoms with Gasteiger partial charge in [-0.25, -0.2) is 8.78 Å². The summed E-state index contributed by atoms with van der Waals surface area (Å²) in [5.41, 5.74) is 1.06. The van der Waals surface area contributed by atoms with Crippen LogP contribution in [0.1, 0.15) is 50.1 Å². The van der Waals surface area contributed by atoms with E-state index in [1.165, 1.54) is 12.8 Å². The first-order chi connectivity index (χ1) is 11.0. The molecule has 2 atom stereocenters. The molecule has 1 aromatic rings. The van der Waals surface area contributed by atoms with Crippen molar-refractivity contribution in [2.75, 3.05) is 13.1 Å². The van der Waals surface area contributed by atoms with Crippen molar-refractivity contribution in [3.8, 4) is 0 Å². The van der Waals surface area contributed by atoms with Gasteiger partial charge < -0.3 is 4.90 Å². The molecule has 0 bridgehead atoms. The third kappa shape index (κ3) is 3.23. The number of halogens is 2. The molecule has 3 aliphatic rings. The largest absolute Gasteiger partial charge is 0.342 e. The van der Waals surface area contributed by atoms with Gasteiger partial charge in [0.15, 0.2) is 0 Å². The Bertz CT molecular complexity index is 599. The first-order valence-electron chi connectivity index (χ1n) is 8.59. The highest BCUT2D eigenvalue weighted by atomic mass is 19.3. The van der Waals surface area contributed by atoms with Crippen LogP contribution in [0, 0.1) is 11.8 Å². The summed E-state index contributed by atoms with van der Waals surface area (Å²) in [6, 6.07) is 0. The van der Waals surface area contributed by atoms with Gasteiger partial charge in [-0.1, -0.05) is 11.6 Å². The third-order valence-electron chi connectivity index (χ3n) is 5.20. The second-order valence-corrected chi connectivity index (χ2v) is 7.30. The van der Waals surface area contributed by atoms with Crippen LogP contribution < -0.4 is 0 Å². The Morgan fingerprint density at radius 1 is 1.30 bits per heavy atom. The van der Waals surface area contributed by atoms with Gasteiger partial charge in [-0.3, -0.25) is 9.48 Å². The Hall–Kier alpha value is -1.53. The molecule has 3 fully saturated rings. The van der Waals surface area contributed by atoms with Crippen molar-refractivity contribution in [3.05, 3.63) is 11.9 Å². The predicted octanol–water partition coefficient (Wildman–Crippen LogP) is 2.44. The van der Waals surface area contributed by atoms with Gasteiger partial charge in [0.05, 0.1) is 5.69 Å². The lowest BCUT2D eigenvalue weighted by Crippen LogP contribution is -2.37. The van der Waals surface area contributed by atoms with Crippen molar-refractivity contribution in [2.45, 2.75) is 56.9 Å². The van der Waals surface area contributed by atoms with Gasteiger partial charge in [0.1, 0.15) is 5.92 Å². The minimum atomic E-state index is -2.77. The molecule has 2 saturated carbocycles. The van der Waals surface area contributed by atoms with Crippen LogP contribution in [-0.2, 0) is 11.3 Å². The number of alkyl halides is 2. The molecular formula is C16H22F2N4O. The van der Waals surface area contributed by atoms with E-state index in [1.807, 2.05) is 10.9 Å². The molecule has 2 heterocycles. The number of rotatable bonds is 4. The molecular weight excluding hydrogens is 302 g/mol. The fourth-order valence-electron chi connectivity index (χ4n) is 3.51. The molecule has 1 aromatic heterocycles. The van der Waals surface area contributed by atoms with Gasteiger partial charge >= 0.3 is 0 Å². The van der Waals surface area contributed by atoms with Crippen LogP contribution in [0.2, 0.25) is 0 Å². The van der Waals surface area contributed by atoms with Gasteiger partial charge in [-0.2, -0.15) is 0 Å². The minimum Gasteiger partial charge on any atom is -0.342 e. The van der Waals surface area contributed by atoms with Crippen LogP contribution in [0.15, 0.2) is 6.20 Å². The maximum atomic E-state index is 13.2. The van der Waals surface area contributed by atoms with Crippen molar-refractivity contribution in [1.29, 1.82) is 0 Å². The van der Waals surface area contributed by atoms with E-state index in [0.29, 0.717) is 25.6 Å². The number of carbonyl (C=O) groups is 1. The SMILES string of the molecule is O=C([C@@H]1CC1(F)F)N1CCCCC(Cn2cc(C3CC3)nn2)C1. The normalized spacial score (nSPS) is 30.1. The molecule has 0 spiro atoms. The van der Waals surface area contributed by atoms with E-state index < -0.39 is 11.8 Å². The highest BCUT2D eigenvalue weighted by Crippen LogP contribution is 2.49. The molecule has 0 N–H and O–H groups in total. The Labute approximate surface area is 134 Å². The molecule has 4 rings (SSSR count). The lowest BCUT2D eigenvalue weighted by atomic mass is 10.0. The average molecular weight is 324 g/mol. The standard InChI is InChI=1S/C16H22F2N4O/c17-16(18)7-13(16)15(23)21-6-2-1-3-11(8-21)9-22-10-14(19-20-22)12-4-5-12/h10-13H,1-9H2/t11?,13-/m0/s1. The molecule has 1 aliphatic heterocycles. The second kappa shape index (κ2) is 5.53. The lowest BCUT2D eigenvalue weighted by molar-refractivity contribution is -0.135. The third-order valence-corrected chi connectivity index (χ3v) is 5.20. The van der Waals surface area contributed by atoms with Gasteiger partial charge in [0.25, 0.3) is 5.92 Å². The summed E-state index contributed by atoms with van der Waals surface area (Å²) in [5, 5.41) is 8.40. The number of aromatic nitrogens is 3. The fraction of sp³-hybridized carbons (Fsp3) is 0.812. The molecule has 23 heavy (non-hydrogen) atoms. The topological polar surface area (TPSA) is 51.0 Å². The molecule has 7 heteroatoms. The number of nitrogens with zero attached hydrogens (tertiary/aromatic N) is 4. The smallest absolute Gasteiger partial charge is 0.260 e. The number of hydrogen-bond donors (Lipinski definition) is 0. The van der Waals surface area contributed by atoms with E-state index in [4.69, 9.17) is 0 Å². The second-order valence-electron chi connectivity index (χ2n) is 7.30. The first kappa shape index (κ1) is 15.0. The Morgan fingerprint density at radius 2 is 2.09 bits per heavy atom. The molecule has 1 unspecified atom stereocenters. The number of hydrogen-bond acceptors (Lipinski definition) is 3. The van der Waals surface area contributed by atoms with Crippen molar-refractivity contribution in [1.82, 2.24) is 19.9 Å². The molecule has 5 nitrogen and oxygen atoms in total. The highest BCUT2D eigenvalue weighted by Gasteiger charge is 2.62. The monoisotopic (exact) mass is 324 g/mol. The van der Waals surface area contributed by atoms with Crippen LogP contribution in [0.4, 0.5) is 8.78 Å². The Balaban J connectivity index is 1.38. The zero-order valence-electron chi connectivity index (χ0n) is 13.1. The van der Waals surface area contributed by atoms with Gasteiger partial charge in [-0.05, 0) is 31.6 Å². The van der Waals surface area contributed by atoms with Crippen molar-refractivity contribution >= 4 is 5.91 Å². The van der Waals surface area contributed by atoms with Crippen molar-refractivity contribution in [3.63, 3.8) is 0 Å². The summed E-state index contributed by atoms with van der Waals surface area (Å²) in [6.07, 6.45) is 7.04. The fourth-order valence-corrected chi connectivity index (χ4v) is 3.51. The van der Waals surface area contributed by atoms with E-state index in [0.717, 1.165) is 25.0 Å². The number of likely N-dealkylation sites (tertiary alicyclic amines) is 1. The minimum absolute atomic E-state index is 0.266. The quantitative estimate of drug-likeness (QED) is 0.855. The van der Waals surface area contributed by atoms with Crippen LogP contribution in [0.25, 0.3) is 0 Å². The summed E-state index contributed by atoms with van der Waals surface area (Å²) in [6.45, 7) is 1.88. The average Bonchev–Trinajstić information content (AvgIpc) is 3.41. The van der Waals surface area contributed by atoms with Crippen LogP contribution in [0.5, 0.6) is 0 Å². The van der Waals surface area contributed by atoms with E-state index in [9.17, 15) is 13.6 Å². The van der Waals surface area contributed by atoms with Gasteiger partial charge in [0, 0.05) is 38.2 Å². The zero-order chi connectivity index (χ0) is 16.0. The van der Waals surface area contributed by atoms with Gasteiger partial charge in [0.2, 0.25) is 5.91 Å². The molecule has 0 aromatic carbocycles. The summed E-state index contributed by atoms with van der Waals surface area (Å²) >= 11 is 0. The number of carbonyl (C=O) groups excluding carboxylic acids is 1. The Kier molecular flexibility index (Phi) is 3.61. The van der Waals surface area contributed by atoms with Crippen LogP contribution in [-0.4, -0.2) is 44.8 Å². The lowest BCUT2D eigenvalue weighted by Gasteiger charge is -2.24. The number of amides is 1. The van der Waals surface area contributed by atoms with E-state index in [2.05, 4.69) is 10.3 Å². The summed E-state index contributed by atoms with van der Waals surface area (Å²) in [7, 11) is 0. The molecule has 0 radical (unpaired) electrons. The first-order valence-corrected chi connectivity index (χ1v) is 8.59. The van der Waals surface area contributed by atoms with E-state index in [1.54, 1.807) is 4.90 Å². The van der Waals surface area contributed by atoms with E-state index >= 15 is 0 Å². The highest BCUT2D eigenvalue weighted by molar-refractivity contribution is 5.83. The Morgan fingerprint density at radius 3 is 2.78 bits per heavy atom. The maximum absolute atomic E-state index is 13.2.